The topological polar surface area (TPSA) is 66.0 Å². The van der Waals surface area contributed by atoms with Crippen molar-refractivity contribution in [3.63, 3.8) is 0 Å². The van der Waals surface area contributed by atoms with Gasteiger partial charge < -0.3 is 15.0 Å². The molecule has 0 radical (unpaired) electrons. The zero-order valence-electron chi connectivity index (χ0n) is 13.8. The van der Waals surface area contributed by atoms with Crippen molar-refractivity contribution in [2.45, 2.75) is 6.18 Å². The molecule has 0 saturated heterocycles. The van der Waals surface area contributed by atoms with E-state index in [9.17, 15) is 18.0 Å². The molecule has 0 aliphatic heterocycles. The molecule has 24 heavy (non-hydrogen) atoms. The second kappa shape index (κ2) is 9.24. The lowest BCUT2D eigenvalue weighted by atomic mass is 10.0. The Kier molecular flexibility index (Phi) is 7.66. The van der Waals surface area contributed by atoms with Crippen molar-refractivity contribution in [1.82, 2.24) is 10.3 Å². The van der Waals surface area contributed by atoms with E-state index in [0.717, 1.165) is 6.07 Å². The molecule has 134 valence electrons. The van der Waals surface area contributed by atoms with E-state index in [0.29, 0.717) is 19.5 Å². The first kappa shape index (κ1) is 19.9. The summed E-state index contributed by atoms with van der Waals surface area (Å²) in [5.41, 5.74) is 1.68. The SMILES string of the molecule is COC/C(=N\NC=O)c1ccc(NCCN(C)C)c(C(F)(F)F)c1. The second-order valence-corrected chi connectivity index (χ2v) is 5.23. The molecule has 1 amide bonds. The Morgan fingerprint density at radius 1 is 1.38 bits per heavy atom. The van der Waals surface area contributed by atoms with Crippen LogP contribution in [0.4, 0.5) is 18.9 Å². The van der Waals surface area contributed by atoms with Crippen LogP contribution in [0.1, 0.15) is 11.1 Å². The summed E-state index contributed by atoms with van der Waals surface area (Å²) >= 11 is 0. The molecule has 0 aliphatic carbocycles. The molecule has 0 fully saturated rings. The maximum atomic E-state index is 13.3. The normalized spacial score (nSPS) is 12.4. The van der Waals surface area contributed by atoms with Gasteiger partial charge in [0, 0.05) is 31.5 Å². The molecule has 0 aliphatic rings. The number of carbonyl (C=O) groups is 1. The minimum absolute atomic E-state index is 0.00628. The van der Waals surface area contributed by atoms with Gasteiger partial charge >= 0.3 is 6.18 Å². The average Bonchev–Trinajstić information content (AvgIpc) is 2.50. The van der Waals surface area contributed by atoms with Gasteiger partial charge in [0.15, 0.2) is 0 Å². The largest absolute Gasteiger partial charge is 0.418 e. The Balaban J connectivity index is 3.15. The number of anilines is 1. The fourth-order valence-corrected chi connectivity index (χ4v) is 1.95. The highest BCUT2D eigenvalue weighted by molar-refractivity contribution is 6.02. The first-order valence-corrected chi connectivity index (χ1v) is 7.14. The molecule has 1 aromatic rings. The Labute approximate surface area is 138 Å². The summed E-state index contributed by atoms with van der Waals surface area (Å²) in [6, 6.07) is 3.83. The van der Waals surface area contributed by atoms with Crippen LogP contribution in [0.2, 0.25) is 0 Å². The van der Waals surface area contributed by atoms with E-state index < -0.39 is 11.7 Å². The van der Waals surface area contributed by atoms with Gasteiger partial charge in [-0.15, -0.1) is 0 Å². The average molecular weight is 346 g/mol. The number of amides is 1. The Morgan fingerprint density at radius 2 is 2.08 bits per heavy atom. The molecule has 1 aromatic carbocycles. The third kappa shape index (κ3) is 6.17. The van der Waals surface area contributed by atoms with Crippen molar-refractivity contribution in [1.29, 1.82) is 0 Å². The predicted octanol–water partition coefficient (Wildman–Crippen LogP) is 1.78. The summed E-state index contributed by atoms with van der Waals surface area (Å²) in [5.74, 6) is 0. The minimum atomic E-state index is -4.52. The van der Waals surface area contributed by atoms with Crippen LogP contribution >= 0.6 is 0 Å². The number of nitrogens with zero attached hydrogens (tertiary/aromatic N) is 2. The number of hydrogen-bond acceptors (Lipinski definition) is 5. The molecular weight excluding hydrogens is 325 g/mol. The molecule has 0 aromatic heterocycles. The highest BCUT2D eigenvalue weighted by Gasteiger charge is 2.34. The van der Waals surface area contributed by atoms with Crippen LogP contribution in [-0.4, -0.2) is 57.9 Å². The van der Waals surface area contributed by atoms with E-state index in [-0.39, 0.29) is 23.6 Å². The van der Waals surface area contributed by atoms with Gasteiger partial charge in [-0.25, -0.2) is 5.43 Å². The van der Waals surface area contributed by atoms with Gasteiger partial charge in [0.05, 0.1) is 17.9 Å². The van der Waals surface area contributed by atoms with Crippen LogP contribution in [0.3, 0.4) is 0 Å². The standard InChI is InChI=1S/C15H21F3N4O2/c1-22(2)7-6-19-13-5-4-11(8-12(13)15(16,17)18)14(9-24-3)21-20-10-23/h4-5,8,10,19H,6-7,9H2,1-3H3,(H,20,23)/b21-14+. The Bertz CT molecular complexity index is 574. The van der Waals surface area contributed by atoms with Gasteiger partial charge in [0.1, 0.15) is 0 Å². The maximum absolute atomic E-state index is 13.3. The molecule has 0 spiro atoms. The molecule has 0 atom stereocenters. The maximum Gasteiger partial charge on any atom is 0.418 e. The Morgan fingerprint density at radius 3 is 2.62 bits per heavy atom. The zero-order chi connectivity index (χ0) is 18.2. The van der Waals surface area contributed by atoms with Gasteiger partial charge in [0.2, 0.25) is 6.41 Å². The quantitative estimate of drug-likeness (QED) is 0.406. The fourth-order valence-electron chi connectivity index (χ4n) is 1.95. The van der Waals surface area contributed by atoms with E-state index in [1.54, 1.807) is 0 Å². The molecule has 1 rings (SSSR count). The van der Waals surface area contributed by atoms with Crippen LogP contribution in [0.5, 0.6) is 0 Å². The first-order valence-electron chi connectivity index (χ1n) is 7.14. The summed E-state index contributed by atoms with van der Waals surface area (Å²) in [5, 5.41) is 6.51. The predicted molar refractivity (Wildman–Crippen MR) is 86.1 cm³/mol. The Hall–Kier alpha value is -2.13. The number of hydrazone groups is 1. The van der Waals surface area contributed by atoms with E-state index >= 15 is 0 Å². The van der Waals surface area contributed by atoms with Crippen LogP contribution < -0.4 is 10.7 Å². The molecule has 0 bridgehead atoms. The van der Waals surface area contributed by atoms with Crippen molar-refractivity contribution >= 4 is 17.8 Å². The smallest absolute Gasteiger partial charge is 0.383 e. The highest BCUT2D eigenvalue weighted by Crippen LogP contribution is 2.35. The molecule has 2 N–H and O–H groups in total. The van der Waals surface area contributed by atoms with E-state index in [2.05, 4.69) is 15.8 Å². The van der Waals surface area contributed by atoms with Crippen molar-refractivity contribution in [3.05, 3.63) is 29.3 Å². The summed E-state index contributed by atoms with van der Waals surface area (Å²) < 4.78 is 44.9. The first-order chi connectivity index (χ1) is 11.3. The second-order valence-electron chi connectivity index (χ2n) is 5.23. The van der Waals surface area contributed by atoms with Gasteiger partial charge in [-0.3, -0.25) is 4.79 Å². The summed E-state index contributed by atoms with van der Waals surface area (Å²) in [7, 11) is 5.06. The molecule has 0 unspecified atom stereocenters. The molecular formula is C15H21F3N4O2. The van der Waals surface area contributed by atoms with Crippen molar-refractivity contribution in [3.8, 4) is 0 Å². The molecule has 0 heterocycles. The minimum Gasteiger partial charge on any atom is -0.383 e. The summed E-state index contributed by atoms with van der Waals surface area (Å²) in [6.45, 7) is 0.936. The number of benzene rings is 1. The van der Waals surface area contributed by atoms with Crippen LogP contribution in [0, 0.1) is 0 Å². The van der Waals surface area contributed by atoms with Gasteiger partial charge in [-0.2, -0.15) is 18.3 Å². The van der Waals surface area contributed by atoms with Gasteiger partial charge in [0.25, 0.3) is 0 Å². The number of ether oxygens (including phenoxy) is 1. The van der Waals surface area contributed by atoms with Crippen LogP contribution in [-0.2, 0) is 15.7 Å². The zero-order valence-corrected chi connectivity index (χ0v) is 13.8. The number of halogens is 3. The monoisotopic (exact) mass is 346 g/mol. The van der Waals surface area contributed by atoms with E-state index in [1.807, 2.05) is 19.0 Å². The summed E-state index contributed by atoms with van der Waals surface area (Å²) in [6.07, 6.45) is -4.19. The number of likely N-dealkylation sites (N-methyl/N-ethyl adjacent to an activating group) is 1. The highest BCUT2D eigenvalue weighted by atomic mass is 19.4. The lowest BCUT2D eigenvalue weighted by Gasteiger charge is -2.18. The van der Waals surface area contributed by atoms with Gasteiger partial charge in [-0.1, -0.05) is 6.07 Å². The lowest BCUT2D eigenvalue weighted by molar-refractivity contribution is -0.137. The number of rotatable bonds is 9. The third-order valence-electron chi connectivity index (χ3n) is 3.07. The molecule has 6 nitrogen and oxygen atoms in total. The number of hydrogen-bond donors (Lipinski definition) is 2. The number of methoxy groups -OCH3 is 1. The lowest BCUT2D eigenvalue weighted by Crippen LogP contribution is -2.22. The number of carbonyl (C=O) groups excluding carboxylic acids is 1. The number of nitrogens with one attached hydrogen (secondary N) is 2. The number of alkyl halides is 3. The van der Waals surface area contributed by atoms with Crippen molar-refractivity contribution in [2.24, 2.45) is 5.10 Å². The molecule has 9 heteroatoms. The van der Waals surface area contributed by atoms with Crippen molar-refractivity contribution in [2.75, 3.05) is 46.2 Å². The van der Waals surface area contributed by atoms with Gasteiger partial charge in [-0.05, 0) is 26.2 Å². The summed E-state index contributed by atoms with van der Waals surface area (Å²) in [4.78, 5) is 12.2. The molecule has 0 saturated carbocycles. The van der Waals surface area contributed by atoms with Crippen LogP contribution in [0.15, 0.2) is 23.3 Å². The van der Waals surface area contributed by atoms with E-state index in [1.165, 1.54) is 19.2 Å². The van der Waals surface area contributed by atoms with Crippen LogP contribution in [0.25, 0.3) is 0 Å². The third-order valence-corrected chi connectivity index (χ3v) is 3.07. The van der Waals surface area contributed by atoms with Crippen molar-refractivity contribution < 1.29 is 22.7 Å². The fraction of sp³-hybridized carbons (Fsp3) is 0.467. The van der Waals surface area contributed by atoms with E-state index in [4.69, 9.17) is 4.74 Å².